The third kappa shape index (κ3) is 4.31. The molecule has 0 radical (unpaired) electrons. The molecule has 1 N–H and O–H groups in total. The van der Waals surface area contributed by atoms with Crippen LogP contribution in [0.4, 0.5) is 0 Å². The van der Waals surface area contributed by atoms with Crippen LogP contribution in [0.2, 0.25) is 0 Å². The van der Waals surface area contributed by atoms with E-state index in [2.05, 4.69) is 6.92 Å². The molecular formula is C22H26N3O3S2+. The highest BCUT2D eigenvalue weighted by atomic mass is 32.2. The van der Waals surface area contributed by atoms with Crippen LogP contribution in [0.15, 0.2) is 40.3 Å². The molecule has 0 fully saturated rings. The summed E-state index contributed by atoms with van der Waals surface area (Å²) in [4.78, 5) is 34.0. The Morgan fingerprint density at radius 2 is 2.10 bits per heavy atom. The topological polar surface area (TPSA) is 65.6 Å². The van der Waals surface area contributed by atoms with Crippen LogP contribution in [-0.4, -0.2) is 41.0 Å². The number of carbonyl (C=O) groups excluding carboxylic acids is 1. The number of quaternary nitrogens is 1. The Hall–Kier alpha value is -2.16. The van der Waals surface area contributed by atoms with Crippen LogP contribution in [0, 0.1) is 0 Å². The van der Waals surface area contributed by atoms with E-state index in [0.717, 1.165) is 41.8 Å². The van der Waals surface area contributed by atoms with E-state index in [1.54, 1.807) is 22.8 Å². The van der Waals surface area contributed by atoms with E-state index < -0.39 is 0 Å². The van der Waals surface area contributed by atoms with Gasteiger partial charge in [0.25, 0.3) is 5.56 Å². The number of hydrogen-bond donors (Lipinski definition) is 1. The van der Waals surface area contributed by atoms with Crippen molar-refractivity contribution in [2.24, 2.45) is 0 Å². The van der Waals surface area contributed by atoms with Gasteiger partial charge in [-0.2, -0.15) is 0 Å². The predicted molar refractivity (Wildman–Crippen MR) is 121 cm³/mol. The highest BCUT2D eigenvalue weighted by Crippen LogP contribution is 2.31. The smallest absolute Gasteiger partial charge is 0.316 e. The number of ether oxygens (including phenoxy) is 1. The van der Waals surface area contributed by atoms with E-state index in [0.29, 0.717) is 18.3 Å². The second kappa shape index (κ2) is 9.32. The largest absolute Gasteiger partial charge is 0.465 e. The molecular weight excluding hydrogens is 418 g/mol. The first-order valence-electron chi connectivity index (χ1n) is 10.3. The van der Waals surface area contributed by atoms with Gasteiger partial charge in [0.15, 0.2) is 5.16 Å². The van der Waals surface area contributed by atoms with Crippen molar-refractivity contribution >= 4 is 39.3 Å². The molecule has 1 aliphatic rings. The summed E-state index contributed by atoms with van der Waals surface area (Å²) in [5.74, 6) is -0.157. The summed E-state index contributed by atoms with van der Waals surface area (Å²) in [6.07, 6.45) is 0.913. The van der Waals surface area contributed by atoms with Gasteiger partial charge in [0.2, 0.25) is 0 Å². The summed E-state index contributed by atoms with van der Waals surface area (Å²) in [6, 6.07) is 9.89. The molecule has 0 saturated heterocycles. The van der Waals surface area contributed by atoms with Crippen LogP contribution in [0.5, 0.6) is 0 Å². The number of benzene rings is 1. The lowest BCUT2D eigenvalue weighted by atomic mass is 10.1. The number of nitrogens with zero attached hydrogens (tertiary/aromatic N) is 2. The number of rotatable bonds is 7. The van der Waals surface area contributed by atoms with Crippen molar-refractivity contribution in [2.75, 3.05) is 25.4 Å². The molecule has 0 bridgehead atoms. The van der Waals surface area contributed by atoms with Gasteiger partial charge in [0, 0.05) is 6.42 Å². The van der Waals surface area contributed by atoms with Crippen LogP contribution in [0.1, 0.15) is 29.9 Å². The van der Waals surface area contributed by atoms with E-state index in [9.17, 15) is 9.59 Å². The molecule has 0 aliphatic carbocycles. The second-order valence-corrected chi connectivity index (χ2v) is 9.36. The zero-order valence-electron chi connectivity index (χ0n) is 17.3. The fraction of sp³-hybridized carbons (Fsp3) is 0.409. The molecule has 1 atom stereocenters. The average Bonchev–Trinajstić information content (AvgIpc) is 3.13. The third-order valence-electron chi connectivity index (χ3n) is 5.41. The first-order chi connectivity index (χ1) is 14.6. The van der Waals surface area contributed by atoms with E-state index in [-0.39, 0.29) is 17.3 Å². The Morgan fingerprint density at radius 3 is 2.83 bits per heavy atom. The Labute approximate surface area is 183 Å². The van der Waals surface area contributed by atoms with E-state index in [4.69, 9.17) is 9.72 Å². The first-order valence-corrected chi connectivity index (χ1v) is 12.1. The molecule has 1 aromatic carbocycles. The maximum atomic E-state index is 13.6. The molecule has 6 nitrogen and oxygen atoms in total. The summed E-state index contributed by atoms with van der Waals surface area (Å²) in [7, 11) is 0. The second-order valence-electron chi connectivity index (χ2n) is 7.33. The van der Waals surface area contributed by atoms with Crippen LogP contribution >= 0.6 is 23.1 Å². The molecule has 3 heterocycles. The van der Waals surface area contributed by atoms with Crippen LogP contribution in [-0.2, 0) is 29.0 Å². The Balaban J connectivity index is 1.78. The Morgan fingerprint density at radius 1 is 1.30 bits per heavy atom. The van der Waals surface area contributed by atoms with Gasteiger partial charge < -0.3 is 9.64 Å². The number of thioether (sulfide) groups is 1. The van der Waals surface area contributed by atoms with Gasteiger partial charge in [-0.25, -0.2) is 4.98 Å². The standard InChI is InChI=1S/C22H25N3O3S2/c1-3-24-11-10-16-17(13-24)30-20-19(16)21(27)25(12-15-8-6-5-7-9-15)22(23-20)29-14-18(26)28-4-2/h5-9H,3-4,10-14H2,1-2H3/p+1. The van der Waals surface area contributed by atoms with Gasteiger partial charge in [-0.15, -0.1) is 11.3 Å². The lowest BCUT2D eigenvalue weighted by Crippen LogP contribution is -3.11. The van der Waals surface area contributed by atoms with Crippen molar-refractivity contribution in [3.05, 3.63) is 56.7 Å². The maximum Gasteiger partial charge on any atom is 0.316 e. The van der Waals surface area contributed by atoms with Gasteiger partial charge >= 0.3 is 5.97 Å². The van der Waals surface area contributed by atoms with Gasteiger partial charge in [-0.05, 0) is 25.0 Å². The van der Waals surface area contributed by atoms with E-state index in [1.807, 2.05) is 30.3 Å². The Kier molecular flexibility index (Phi) is 6.55. The first kappa shape index (κ1) is 21.1. The monoisotopic (exact) mass is 444 g/mol. The summed E-state index contributed by atoms with van der Waals surface area (Å²) < 4.78 is 6.77. The fourth-order valence-corrected chi connectivity index (χ4v) is 5.96. The molecule has 0 spiro atoms. The van der Waals surface area contributed by atoms with Crippen molar-refractivity contribution in [2.45, 2.75) is 38.5 Å². The van der Waals surface area contributed by atoms with Crippen molar-refractivity contribution in [1.82, 2.24) is 9.55 Å². The summed E-state index contributed by atoms with van der Waals surface area (Å²) in [5.41, 5.74) is 2.20. The third-order valence-corrected chi connectivity index (χ3v) is 7.48. The molecule has 1 unspecified atom stereocenters. The summed E-state index contributed by atoms with van der Waals surface area (Å²) in [6.45, 7) is 7.85. The van der Waals surface area contributed by atoms with Crippen LogP contribution in [0.25, 0.3) is 10.2 Å². The maximum absolute atomic E-state index is 13.6. The van der Waals surface area contributed by atoms with Crippen molar-refractivity contribution in [3.63, 3.8) is 0 Å². The number of esters is 1. The highest BCUT2D eigenvalue weighted by Gasteiger charge is 2.27. The molecule has 158 valence electrons. The number of thiophene rings is 1. The molecule has 3 aromatic rings. The zero-order valence-corrected chi connectivity index (χ0v) is 18.9. The molecule has 0 saturated carbocycles. The van der Waals surface area contributed by atoms with E-state index >= 15 is 0 Å². The van der Waals surface area contributed by atoms with Crippen molar-refractivity contribution in [3.8, 4) is 0 Å². The summed E-state index contributed by atoms with van der Waals surface area (Å²) in [5, 5.41) is 1.34. The number of nitrogens with one attached hydrogen (secondary N) is 1. The predicted octanol–water partition coefficient (Wildman–Crippen LogP) is 2.12. The molecule has 0 amide bonds. The molecule has 4 rings (SSSR count). The van der Waals surface area contributed by atoms with Gasteiger partial charge in [-0.3, -0.25) is 14.2 Å². The molecule has 1 aliphatic heterocycles. The normalized spacial score (nSPS) is 15.9. The molecule has 2 aromatic heterocycles. The average molecular weight is 445 g/mol. The fourth-order valence-electron chi connectivity index (χ4n) is 3.83. The minimum atomic E-state index is -0.296. The van der Waals surface area contributed by atoms with Gasteiger partial charge in [0.05, 0.1) is 42.3 Å². The Bertz CT molecular complexity index is 1110. The van der Waals surface area contributed by atoms with Gasteiger partial charge in [0.1, 0.15) is 11.4 Å². The van der Waals surface area contributed by atoms with Crippen molar-refractivity contribution in [1.29, 1.82) is 0 Å². The number of aromatic nitrogens is 2. The lowest BCUT2D eigenvalue weighted by molar-refractivity contribution is -0.913. The SMILES string of the molecule is CCOC(=O)CSc1nc2sc3c(c2c(=O)n1Cc1ccccc1)CC[NH+](CC)C3. The van der Waals surface area contributed by atoms with Gasteiger partial charge in [-0.1, -0.05) is 42.1 Å². The number of fused-ring (bicyclic) bond motifs is 3. The lowest BCUT2D eigenvalue weighted by Gasteiger charge is -2.22. The van der Waals surface area contributed by atoms with Crippen LogP contribution in [0.3, 0.4) is 0 Å². The number of hydrogen-bond acceptors (Lipinski definition) is 6. The van der Waals surface area contributed by atoms with Crippen molar-refractivity contribution < 1.29 is 14.4 Å². The quantitative estimate of drug-likeness (QED) is 0.344. The minimum Gasteiger partial charge on any atom is -0.465 e. The molecule has 30 heavy (non-hydrogen) atoms. The van der Waals surface area contributed by atoms with Crippen LogP contribution < -0.4 is 10.5 Å². The molecule has 8 heteroatoms. The summed E-state index contributed by atoms with van der Waals surface area (Å²) >= 11 is 2.91. The number of likely N-dealkylation sites (N-methyl/N-ethyl adjacent to an activating group) is 1. The zero-order chi connectivity index (χ0) is 21.1. The highest BCUT2D eigenvalue weighted by molar-refractivity contribution is 7.99. The number of carbonyl (C=O) groups is 1. The minimum absolute atomic E-state index is 0.00680. The van der Waals surface area contributed by atoms with E-state index in [1.165, 1.54) is 27.1 Å².